The van der Waals surface area contributed by atoms with Gasteiger partial charge in [0.15, 0.2) is 0 Å². The lowest BCUT2D eigenvalue weighted by Gasteiger charge is -2.41. The summed E-state index contributed by atoms with van der Waals surface area (Å²) >= 11 is 4.20. The molecule has 4 heteroatoms. The smallest absolute Gasteiger partial charge is 0.224 e. The van der Waals surface area contributed by atoms with Gasteiger partial charge < -0.3 is 10.4 Å². The fraction of sp³-hybridized carbons (Fsp3) is 0.462. The van der Waals surface area contributed by atoms with E-state index in [0.717, 1.165) is 29.7 Å². The maximum Gasteiger partial charge on any atom is 0.224 e. The van der Waals surface area contributed by atoms with Gasteiger partial charge in [-0.15, -0.1) is 12.6 Å². The van der Waals surface area contributed by atoms with Crippen molar-refractivity contribution in [3.8, 4) is 0 Å². The van der Waals surface area contributed by atoms with Gasteiger partial charge in [0.05, 0.1) is 18.6 Å². The molecule has 0 aliphatic heterocycles. The van der Waals surface area contributed by atoms with Crippen molar-refractivity contribution < 1.29 is 9.90 Å². The van der Waals surface area contributed by atoms with Gasteiger partial charge in [-0.25, -0.2) is 0 Å². The van der Waals surface area contributed by atoms with Gasteiger partial charge in [-0.05, 0) is 37.0 Å². The number of nitrogens with one attached hydrogen (secondary N) is 1. The zero-order chi connectivity index (χ0) is 12.3. The first-order valence-electron chi connectivity index (χ1n) is 5.83. The number of amides is 1. The Balaban J connectivity index is 1.91. The molecule has 1 saturated carbocycles. The molecule has 0 aromatic heterocycles. The van der Waals surface area contributed by atoms with Gasteiger partial charge in [-0.2, -0.15) is 0 Å². The normalized spacial score (nSPS) is 17.3. The Hall–Kier alpha value is -1.00. The summed E-state index contributed by atoms with van der Waals surface area (Å²) < 4.78 is 0. The standard InChI is InChI=1S/C13H17NO2S/c15-9-13(6-1-7-13)14-12(16)8-10-2-4-11(17)5-3-10/h2-5,15,17H,1,6-9H2,(H,14,16). The van der Waals surface area contributed by atoms with Crippen molar-refractivity contribution in [1.29, 1.82) is 0 Å². The average molecular weight is 251 g/mol. The van der Waals surface area contributed by atoms with E-state index in [4.69, 9.17) is 0 Å². The Morgan fingerprint density at radius 1 is 1.35 bits per heavy atom. The Bertz CT molecular complexity index is 393. The van der Waals surface area contributed by atoms with Gasteiger partial charge in [-0.1, -0.05) is 12.1 Å². The van der Waals surface area contributed by atoms with E-state index < -0.39 is 0 Å². The number of rotatable bonds is 4. The number of hydrogen-bond acceptors (Lipinski definition) is 3. The van der Waals surface area contributed by atoms with Crippen LogP contribution in [-0.2, 0) is 11.2 Å². The van der Waals surface area contributed by atoms with Crippen molar-refractivity contribution in [2.45, 2.75) is 36.1 Å². The molecule has 2 N–H and O–H groups in total. The van der Waals surface area contributed by atoms with E-state index in [2.05, 4.69) is 17.9 Å². The summed E-state index contributed by atoms with van der Waals surface area (Å²) in [7, 11) is 0. The van der Waals surface area contributed by atoms with Crippen molar-refractivity contribution >= 4 is 18.5 Å². The number of benzene rings is 1. The van der Waals surface area contributed by atoms with Crippen molar-refractivity contribution in [3.63, 3.8) is 0 Å². The highest BCUT2D eigenvalue weighted by Gasteiger charge is 2.37. The molecule has 1 amide bonds. The van der Waals surface area contributed by atoms with Gasteiger partial charge >= 0.3 is 0 Å². The first-order chi connectivity index (χ1) is 8.13. The summed E-state index contributed by atoms with van der Waals surface area (Å²) in [5.74, 6) is -0.0225. The highest BCUT2D eigenvalue weighted by atomic mass is 32.1. The molecule has 3 nitrogen and oxygen atoms in total. The monoisotopic (exact) mass is 251 g/mol. The number of carbonyl (C=O) groups is 1. The quantitative estimate of drug-likeness (QED) is 0.711. The molecular weight excluding hydrogens is 234 g/mol. The van der Waals surface area contributed by atoms with Crippen LogP contribution in [0.1, 0.15) is 24.8 Å². The van der Waals surface area contributed by atoms with E-state index in [1.54, 1.807) is 0 Å². The second-order valence-corrected chi connectivity index (χ2v) is 5.20. The second-order valence-electron chi connectivity index (χ2n) is 4.68. The molecular formula is C13H17NO2S. The van der Waals surface area contributed by atoms with Crippen molar-refractivity contribution in [1.82, 2.24) is 5.32 Å². The maximum absolute atomic E-state index is 11.8. The number of aliphatic hydroxyl groups is 1. The predicted octanol–water partition coefficient (Wildman–Crippen LogP) is 1.55. The highest BCUT2D eigenvalue weighted by Crippen LogP contribution is 2.31. The zero-order valence-electron chi connectivity index (χ0n) is 9.65. The highest BCUT2D eigenvalue weighted by molar-refractivity contribution is 7.80. The molecule has 0 bridgehead atoms. The number of carbonyl (C=O) groups excluding carboxylic acids is 1. The van der Waals surface area contributed by atoms with E-state index in [1.165, 1.54) is 0 Å². The van der Waals surface area contributed by atoms with E-state index in [1.807, 2.05) is 24.3 Å². The molecule has 1 fully saturated rings. The Labute approximate surface area is 107 Å². The summed E-state index contributed by atoms with van der Waals surface area (Å²) in [6.07, 6.45) is 3.20. The predicted molar refractivity (Wildman–Crippen MR) is 69.2 cm³/mol. The van der Waals surface area contributed by atoms with Crippen LogP contribution < -0.4 is 5.32 Å². The molecule has 0 spiro atoms. The van der Waals surface area contributed by atoms with Crippen molar-refractivity contribution in [2.24, 2.45) is 0 Å². The minimum absolute atomic E-state index is 0.0225. The summed E-state index contributed by atoms with van der Waals surface area (Å²) in [5, 5.41) is 12.2. The molecule has 0 heterocycles. The van der Waals surface area contributed by atoms with Crippen molar-refractivity contribution in [2.75, 3.05) is 6.61 Å². The summed E-state index contributed by atoms with van der Waals surface area (Å²) in [6.45, 7) is 0.0360. The molecule has 17 heavy (non-hydrogen) atoms. The Kier molecular flexibility index (Phi) is 3.74. The van der Waals surface area contributed by atoms with Crippen molar-refractivity contribution in [3.05, 3.63) is 29.8 Å². The number of thiol groups is 1. The van der Waals surface area contributed by atoms with Crippen LogP contribution >= 0.6 is 12.6 Å². The third-order valence-electron chi connectivity index (χ3n) is 3.32. The lowest BCUT2D eigenvalue weighted by atomic mass is 9.77. The molecule has 0 atom stereocenters. The topological polar surface area (TPSA) is 49.3 Å². The largest absolute Gasteiger partial charge is 0.394 e. The van der Waals surface area contributed by atoms with E-state index in [0.29, 0.717) is 6.42 Å². The molecule has 1 aliphatic carbocycles. The van der Waals surface area contributed by atoms with Crippen LogP contribution in [0.15, 0.2) is 29.2 Å². The third-order valence-corrected chi connectivity index (χ3v) is 3.62. The molecule has 1 aromatic rings. The molecule has 0 saturated heterocycles. The van der Waals surface area contributed by atoms with E-state index in [9.17, 15) is 9.90 Å². The summed E-state index contributed by atoms with van der Waals surface area (Å²) in [6, 6.07) is 7.54. The molecule has 92 valence electrons. The SMILES string of the molecule is O=C(Cc1ccc(S)cc1)NC1(CO)CCC1. The van der Waals surface area contributed by atoms with Crippen LogP contribution in [0.25, 0.3) is 0 Å². The van der Waals surface area contributed by atoms with Crippen LogP contribution in [0.4, 0.5) is 0 Å². The minimum Gasteiger partial charge on any atom is -0.394 e. The van der Waals surface area contributed by atoms with Crippen LogP contribution in [-0.4, -0.2) is 23.2 Å². The van der Waals surface area contributed by atoms with Gasteiger partial charge in [-0.3, -0.25) is 4.79 Å². The Morgan fingerprint density at radius 2 is 2.00 bits per heavy atom. The van der Waals surface area contributed by atoms with Gasteiger partial charge in [0.25, 0.3) is 0 Å². The third kappa shape index (κ3) is 3.01. The summed E-state index contributed by atoms with van der Waals surface area (Å²) in [4.78, 5) is 12.7. The molecule has 2 rings (SSSR count). The number of hydrogen-bond donors (Lipinski definition) is 3. The lowest BCUT2D eigenvalue weighted by Crippen LogP contribution is -2.56. The molecule has 1 aliphatic rings. The van der Waals surface area contributed by atoms with Crippen LogP contribution in [0.3, 0.4) is 0 Å². The first kappa shape index (κ1) is 12.5. The molecule has 1 aromatic carbocycles. The second kappa shape index (κ2) is 5.10. The van der Waals surface area contributed by atoms with Gasteiger partial charge in [0.2, 0.25) is 5.91 Å². The minimum atomic E-state index is -0.347. The van der Waals surface area contributed by atoms with Gasteiger partial charge in [0, 0.05) is 4.90 Å². The van der Waals surface area contributed by atoms with Crippen LogP contribution in [0.5, 0.6) is 0 Å². The first-order valence-corrected chi connectivity index (χ1v) is 6.28. The fourth-order valence-corrected chi connectivity index (χ4v) is 2.21. The fourth-order valence-electron chi connectivity index (χ4n) is 2.07. The van der Waals surface area contributed by atoms with Gasteiger partial charge in [0.1, 0.15) is 0 Å². The van der Waals surface area contributed by atoms with Crippen LogP contribution in [0.2, 0.25) is 0 Å². The Morgan fingerprint density at radius 3 is 2.47 bits per heavy atom. The van der Waals surface area contributed by atoms with Crippen LogP contribution in [0, 0.1) is 0 Å². The number of aliphatic hydroxyl groups excluding tert-OH is 1. The zero-order valence-corrected chi connectivity index (χ0v) is 10.5. The lowest BCUT2D eigenvalue weighted by molar-refractivity contribution is -0.124. The average Bonchev–Trinajstić information content (AvgIpc) is 2.27. The molecule has 0 radical (unpaired) electrons. The summed E-state index contributed by atoms with van der Waals surface area (Å²) in [5.41, 5.74) is 0.619. The molecule has 0 unspecified atom stereocenters. The van der Waals surface area contributed by atoms with E-state index in [-0.39, 0.29) is 18.1 Å². The maximum atomic E-state index is 11.8. The van der Waals surface area contributed by atoms with E-state index >= 15 is 0 Å².